The van der Waals surface area contributed by atoms with Crippen LogP contribution in [0.2, 0.25) is 0 Å². The molecule has 19 heavy (non-hydrogen) atoms. The van der Waals surface area contributed by atoms with Crippen molar-refractivity contribution in [1.29, 1.82) is 0 Å². The minimum Gasteiger partial charge on any atom is -0.338 e. The summed E-state index contributed by atoms with van der Waals surface area (Å²) in [6, 6.07) is 3.89. The minimum absolute atomic E-state index is 0. The molecule has 0 unspecified atom stereocenters. The number of nitrogens with zero attached hydrogens (tertiary/aromatic N) is 1. The molecule has 3 nitrogen and oxygen atoms in total. The Morgan fingerprint density at radius 2 is 1.89 bits per heavy atom. The van der Waals surface area contributed by atoms with Crippen LogP contribution in [-0.4, -0.2) is 37.0 Å². The van der Waals surface area contributed by atoms with Gasteiger partial charge in [-0.3, -0.25) is 4.79 Å². The molecule has 1 N–H and O–H groups in total. The normalized spacial score (nSPS) is 22.0. The molecule has 1 aromatic rings. The lowest BCUT2D eigenvalue weighted by molar-refractivity contribution is 0.0500. The summed E-state index contributed by atoms with van der Waals surface area (Å²) in [5.41, 5.74) is 0.525. The molecule has 0 aromatic carbocycles. The maximum absolute atomic E-state index is 12.3. The summed E-state index contributed by atoms with van der Waals surface area (Å²) in [6.45, 7) is 4.19. The van der Waals surface area contributed by atoms with Crippen molar-refractivity contribution in [2.75, 3.05) is 26.2 Å². The fraction of sp³-hybridized carbons (Fsp3) is 0.643. The molecular formula is C14H21ClN2OS. The van der Waals surface area contributed by atoms with Crippen LogP contribution in [0.15, 0.2) is 17.5 Å². The maximum Gasteiger partial charge on any atom is 0.263 e. The summed E-state index contributed by atoms with van der Waals surface area (Å²) in [5, 5.41) is 5.41. The first-order chi connectivity index (χ1) is 8.79. The van der Waals surface area contributed by atoms with Crippen LogP contribution in [-0.2, 0) is 0 Å². The Kier molecular flexibility index (Phi) is 4.87. The van der Waals surface area contributed by atoms with Crippen molar-refractivity contribution in [2.24, 2.45) is 5.41 Å². The summed E-state index contributed by atoms with van der Waals surface area (Å²) < 4.78 is 0. The standard InChI is InChI=1S/C14H20N2OS.ClH/c17-13(12-2-1-11-18-12)16-9-5-14(6-10-16)3-7-15-8-4-14;/h1-2,11,15H,3-10H2;1H. The zero-order chi connectivity index (χ0) is 12.4. The Hall–Kier alpha value is -0.580. The number of rotatable bonds is 1. The number of likely N-dealkylation sites (tertiary alicyclic amines) is 1. The second-order valence-corrected chi connectivity index (χ2v) is 6.47. The predicted molar refractivity (Wildman–Crippen MR) is 81.2 cm³/mol. The van der Waals surface area contributed by atoms with Gasteiger partial charge in [0.15, 0.2) is 0 Å². The van der Waals surface area contributed by atoms with Crippen LogP contribution in [0.1, 0.15) is 35.4 Å². The lowest BCUT2D eigenvalue weighted by atomic mass is 9.71. The third kappa shape index (κ3) is 3.12. The SMILES string of the molecule is Cl.O=C(c1cccs1)N1CCC2(CCNCC2)CC1. The van der Waals surface area contributed by atoms with E-state index in [4.69, 9.17) is 0 Å². The van der Waals surface area contributed by atoms with Crippen molar-refractivity contribution in [3.8, 4) is 0 Å². The van der Waals surface area contributed by atoms with Crippen molar-refractivity contribution < 1.29 is 4.79 Å². The lowest BCUT2D eigenvalue weighted by Crippen LogP contribution is -2.47. The summed E-state index contributed by atoms with van der Waals surface area (Å²) in [4.78, 5) is 15.2. The molecule has 2 saturated heterocycles. The highest BCUT2D eigenvalue weighted by atomic mass is 35.5. The van der Waals surface area contributed by atoms with E-state index in [-0.39, 0.29) is 18.3 Å². The molecule has 1 amide bonds. The van der Waals surface area contributed by atoms with Gasteiger partial charge >= 0.3 is 0 Å². The van der Waals surface area contributed by atoms with Crippen LogP contribution in [0.25, 0.3) is 0 Å². The number of amides is 1. The predicted octanol–water partition coefficient (Wildman–Crippen LogP) is 2.78. The van der Waals surface area contributed by atoms with E-state index in [1.165, 1.54) is 25.7 Å². The van der Waals surface area contributed by atoms with Gasteiger partial charge in [-0.2, -0.15) is 0 Å². The Morgan fingerprint density at radius 1 is 1.21 bits per heavy atom. The van der Waals surface area contributed by atoms with Gasteiger partial charge in [0.2, 0.25) is 0 Å². The highest BCUT2D eigenvalue weighted by Gasteiger charge is 2.36. The van der Waals surface area contributed by atoms with Crippen molar-refractivity contribution in [3.05, 3.63) is 22.4 Å². The Balaban J connectivity index is 0.00000133. The molecular weight excluding hydrogens is 280 g/mol. The molecule has 2 aliphatic rings. The highest BCUT2D eigenvalue weighted by molar-refractivity contribution is 7.12. The van der Waals surface area contributed by atoms with Crippen LogP contribution >= 0.6 is 23.7 Å². The third-order valence-corrected chi connectivity index (χ3v) is 5.37. The first kappa shape index (κ1) is 14.8. The number of halogens is 1. The number of hydrogen-bond donors (Lipinski definition) is 1. The molecule has 0 saturated carbocycles. The smallest absolute Gasteiger partial charge is 0.263 e. The van der Waals surface area contributed by atoms with E-state index in [2.05, 4.69) is 5.32 Å². The van der Waals surface area contributed by atoms with Crippen LogP contribution in [0, 0.1) is 5.41 Å². The van der Waals surface area contributed by atoms with Gasteiger partial charge in [0.1, 0.15) is 0 Å². The van der Waals surface area contributed by atoms with E-state index in [0.29, 0.717) is 5.41 Å². The molecule has 1 spiro atoms. The summed E-state index contributed by atoms with van der Waals surface area (Å²) in [7, 11) is 0. The first-order valence-electron chi connectivity index (χ1n) is 6.83. The average Bonchev–Trinajstić information content (AvgIpc) is 2.94. The van der Waals surface area contributed by atoms with E-state index in [0.717, 1.165) is 31.1 Å². The number of thiophene rings is 1. The van der Waals surface area contributed by atoms with Gasteiger partial charge in [0.05, 0.1) is 4.88 Å². The third-order valence-electron chi connectivity index (χ3n) is 4.51. The second kappa shape index (κ2) is 6.25. The molecule has 0 bridgehead atoms. The Bertz CT molecular complexity index is 405. The van der Waals surface area contributed by atoms with Crippen molar-refractivity contribution >= 4 is 29.7 Å². The Labute approximate surface area is 124 Å². The summed E-state index contributed by atoms with van der Waals surface area (Å²) in [5.74, 6) is 0.230. The topological polar surface area (TPSA) is 32.3 Å². The number of nitrogens with one attached hydrogen (secondary N) is 1. The molecule has 0 radical (unpaired) electrons. The molecule has 3 heterocycles. The molecule has 0 atom stereocenters. The Morgan fingerprint density at radius 3 is 2.47 bits per heavy atom. The van der Waals surface area contributed by atoms with Gasteiger partial charge in [-0.05, 0) is 55.6 Å². The fourth-order valence-electron chi connectivity index (χ4n) is 3.20. The van der Waals surface area contributed by atoms with Gasteiger partial charge in [-0.1, -0.05) is 6.07 Å². The number of piperidine rings is 2. The summed E-state index contributed by atoms with van der Waals surface area (Å²) in [6.07, 6.45) is 4.94. The highest BCUT2D eigenvalue weighted by Crippen LogP contribution is 2.39. The fourth-order valence-corrected chi connectivity index (χ4v) is 3.89. The lowest BCUT2D eigenvalue weighted by Gasteiger charge is -2.44. The zero-order valence-electron chi connectivity index (χ0n) is 11.1. The van der Waals surface area contributed by atoms with Gasteiger partial charge in [0.25, 0.3) is 5.91 Å². The number of carbonyl (C=O) groups is 1. The quantitative estimate of drug-likeness (QED) is 0.865. The molecule has 2 aliphatic heterocycles. The number of carbonyl (C=O) groups excluding carboxylic acids is 1. The monoisotopic (exact) mass is 300 g/mol. The molecule has 5 heteroatoms. The zero-order valence-corrected chi connectivity index (χ0v) is 12.7. The van der Waals surface area contributed by atoms with Crippen molar-refractivity contribution in [3.63, 3.8) is 0 Å². The van der Waals surface area contributed by atoms with Crippen LogP contribution < -0.4 is 5.32 Å². The maximum atomic E-state index is 12.3. The van der Waals surface area contributed by atoms with Crippen LogP contribution in [0.5, 0.6) is 0 Å². The van der Waals surface area contributed by atoms with E-state index < -0.39 is 0 Å². The van der Waals surface area contributed by atoms with Gasteiger partial charge < -0.3 is 10.2 Å². The van der Waals surface area contributed by atoms with Gasteiger partial charge in [0, 0.05) is 13.1 Å². The first-order valence-corrected chi connectivity index (χ1v) is 7.71. The molecule has 106 valence electrons. The van der Waals surface area contributed by atoms with Crippen LogP contribution in [0.3, 0.4) is 0 Å². The van der Waals surface area contributed by atoms with E-state index in [9.17, 15) is 4.79 Å². The molecule has 0 aliphatic carbocycles. The molecule has 3 rings (SSSR count). The van der Waals surface area contributed by atoms with E-state index >= 15 is 0 Å². The van der Waals surface area contributed by atoms with E-state index in [1.54, 1.807) is 11.3 Å². The van der Waals surface area contributed by atoms with Crippen molar-refractivity contribution in [2.45, 2.75) is 25.7 Å². The second-order valence-electron chi connectivity index (χ2n) is 5.52. The van der Waals surface area contributed by atoms with Crippen molar-refractivity contribution in [1.82, 2.24) is 10.2 Å². The largest absolute Gasteiger partial charge is 0.338 e. The molecule has 2 fully saturated rings. The van der Waals surface area contributed by atoms with Crippen LogP contribution in [0.4, 0.5) is 0 Å². The average molecular weight is 301 g/mol. The minimum atomic E-state index is 0. The summed E-state index contributed by atoms with van der Waals surface area (Å²) >= 11 is 1.55. The molecule has 1 aromatic heterocycles. The van der Waals surface area contributed by atoms with Gasteiger partial charge in [-0.15, -0.1) is 23.7 Å². The van der Waals surface area contributed by atoms with E-state index in [1.807, 2.05) is 22.4 Å². The number of hydrogen-bond acceptors (Lipinski definition) is 3. The van der Waals surface area contributed by atoms with Gasteiger partial charge in [-0.25, -0.2) is 0 Å².